The average molecular weight is 384 g/mol. The molecule has 9 heteroatoms. The van der Waals surface area contributed by atoms with Crippen LogP contribution in [0.2, 0.25) is 5.02 Å². The van der Waals surface area contributed by atoms with E-state index < -0.39 is 0 Å². The number of fused-ring (bicyclic) bond motifs is 1. The molecule has 0 bridgehead atoms. The van der Waals surface area contributed by atoms with E-state index in [0.29, 0.717) is 39.9 Å². The summed E-state index contributed by atoms with van der Waals surface area (Å²) in [5.41, 5.74) is 9.09. The predicted octanol–water partition coefficient (Wildman–Crippen LogP) is 2.65. The molecule has 4 rings (SSSR count). The minimum atomic E-state index is -0.190. The summed E-state index contributed by atoms with van der Waals surface area (Å²) in [6.07, 6.45) is 5.33. The number of nitrogens with one attached hydrogen (secondary N) is 1. The van der Waals surface area contributed by atoms with Gasteiger partial charge in [-0.15, -0.1) is 0 Å². The van der Waals surface area contributed by atoms with E-state index in [1.165, 1.54) is 0 Å². The van der Waals surface area contributed by atoms with Crippen molar-refractivity contribution >= 4 is 40.9 Å². The molecular weight excluding hydrogens is 366 g/mol. The van der Waals surface area contributed by atoms with E-state index in [1.807, 2.05) is 26.0 Å². The Hall–Kier alpha value is -3.13. The quantitative estimate of drug-likeness (QED) is 0.674. The smallest absolute Gasteiger partial charge is 0.260 e. The van der Waals surface area contributed by atoms with Gasteiger partial charge in [0.2, 0.25) is 5.95 Å². The second-order valence-corrected chi connectivity index (χ2v) is 6.63. The molecule has 8 nitrogen and oxygen atoms in total. The van der Waals surface area contributed by atoms with Gasteiger partial charge >= 0.3 is 0 Å². The van der Waals surface area contributed by atoms with Crippen molar-refractivity contribution in [2.75, 3.05) is 10.6 Å². The van der Waals surface area contributed by atoms with Crippen LogP contribution in [-0.2, 0) is 17.9 Å². The fourth-order valence-electron chi connectivity index (χ4n) is 3.16. The summed E-state index contributed by atoms with van der Waals surface area (Å²) in [5.74, 6) is 0.407. The summed E-state index contributed by atoms with van der Waals surface area (Å²) in [6.45, 7) is 4.68. The number of nitrogens with two attached hydrogens (primary N) is 1. The topological polar surface area (TPSA) is 106 Å². The largest absolute Gasteiger partial charge is 0.368 e. The van der Waals surface area contributed by atoms with Gasteiger partial charge in [-0.2, -0.15) is 10.1 Å². The van der Waals surface area contributed by atoms with Crippen LogP contribution in [0, 0.1) is 6.92 Å². The van der Waals surface area contributed by atoms with Gasteiger partial charge in [-0.1, -0.05) is 11.6 Å². The van der Waals surface area contributed by atoms with E-state index in [0.717, 1.165) is 5.69 Å². The molecule has 3 N–H and O–H groups in total. The van der Waals surface area contributed by atoms with Gasteiger partial charge in [-0.25, -0.2) is 4.98 Å². The number of aryl methyl sites for hydroxylation is 2. The summed E-state index contributed by atoms with van der Waals surface area (Å²) in [5, 5.41) is 4.94. The van der Waals surface area contributed by atoms with Crippen LogP contribution in [-0.4, -0.2) is 30.6 Å². The minimum Gasteiger partial charge on any atom is -0.368 e. The predicted molar refractivity (Wildman–Crippen MR) is 104 cm³/mol. The van der Waals surface area contributed by atoms with Gasteiger partial charge in [0.05, 0.1) is 28.4 Å². The van der Waals surface area contributed by atoms with Crippen LogP contribution in [0.5, 0.6) is 0 Å². The minimum absolute atomic E-state index is 0.121. The molecule has 0 atom stereocenters. The Morgan fingerprint density at radius 1 is 1.37 bits per heavy atom. The maximum atomic E-state index is 13.2. The number of carbonyl (C=O) groups excluding carboxylic acids is 1. The molecule has 1 amide bonds. The number of hydrogen-bond donors (Lipinski definition) is 2. The van der Waals surface area contributed by atoms with Gasteiger partial charge < -0.3 is 10.7 Å². The maximum Gasteiger partial charge on any atom is 0.260 e. The van der Waals surface area contributed by atoms with Gasteiger partial charge in [0, 0.05) is 24.6 Å². The lowest BCUT2D eigenvalue weighted by Crippen LogP contribution is -2.27. The Kier molecular flexibility index (Phi) is 4.19. The second-order valence-electron chi connectivity index (χ2n) is 6.22. The first kappa shape index (κ1) is 17.3. The summed E-state index contributed by atoms with van der Waals surface area (Å²) in [4.78, 5) is 26.4. The van der Waals surface area contributed by atoms with E-state index in [9.17, 15) is 4.79 Å². The van der Waals surface area contributed by atoms with Crippen molar-refractivity contribution in [1.29, 1.82) is 0 Å². The van der Waals surface area contributed by atoms with Crippen LogP contribution < -0.4 is 10.6 Å². The summed E-state index contributed by atoms with van der Waals surface area (Å²) < 4.78 is 1.73. The molecule has 0 radical (unpaired) electrons. The fourth-order valence-corrected chi connectivity index (χ4v) is 3.37. The number of anilines is 2. The van der Waals surface area contributed by atoms with Gasteiger partial charge in [-0.05, 0) is 32.1 Å². The third-order valence-electron chi connectivity index (χ3n) is 4.43. The van der Waals surface area contributed by atoms with Gasteiger partial charge in [0.25, 0.3) is 5.91 Å². The Balaban J connectivity index is 1.82. The standard InChI is InChI=1S/C18H18ClN7O/c1-3-25-8-13(19)14(24-25)9-26-16-15(10(2)22-18(20)23-16)12(17(26)27)7-11-5-4-6-21-11/h4-8,21H,3,9H2,1-2H3,(H2,20,22,23)/b12-7-. The van der Waals surface area contributed by atoms with E-state index >= 15 is 0 Å². The molecule has 0 aliphatic carbocycles. The Morgan fingerprint density at radius 3 is 2.85 bits per heavy atom. The number of aromatic nitrogens is 5. The highest BCUT2D eigenvalue weighted by molar-refractivity contribution is 6.36. The van der Waals surface area contributed by atoms with E-state index in [-0.39, 0.29) is 18.4 Å². The second kappa shape index (κ2) is 6.55. The van der Waals surface area contributed by atoms with Crippen molar-refractivity contribution < 1.29 is 4.79 Å². The highest BCUT2D eigenvalue weighted by atomic mass is 35.5. The first-order valence-corrected chi connectivity index (χ1v) is 8.89. The number of aromatic amines is 1. The summed E-state index contributed by atoms with van der Waals surface area (Å²) in [6, 6.07) is 3.75. The zero-order valence-corrected chi connectivity index (χ0v) is 15.7. The Bertz CT molecular complexity index is 1050. The number of hydrogen-bond acceptors (Lipinski definition) is 5. The fraction of sp³-hybridized carbons (Fsp3) is 0.222. The number of H-pyrrole nitrogens is 1. The molecule has 0 saturated carbocycles. The molecule has 0 aromatic carbocycles. The first-order chi connectivity index (χ1) is 13.0. The Labute approximate surface area is 160 Å². The zero-order chi connectivity index (χ0) is 19.1. The van der Waals surface area contributed by atoms with Gasteiger partial charge in [0.15, 0.2) is 0 Å². The van der Waals surface area contributed by atoms with Crippen LogP contribution in [0.1, 0.15) is 29.6 Å². The molecule has 27 heavy (non-hydrogen) atoms. The van der Waals surface area contributed by atoms with Crippen molar-refractivity contribution in [3.63, 3.8) is 0 Å². The van der Waals surface area contributed by atoms with Crippen molar-refractivity contribution in [3.05, 3.63) is 52.2 Å². The van der Waals surface area contributed by atoms with E-state index in [4.69, 9.17) is 17.3 Å². The number of halogens is 1. The summed E-state index contributed by atoms with van der Waals surface area (Å²) in [7, 11) is 0. The zero-order valence-electron chi connectivity index (χ0n) is 14.9. The van der Waals surface area contributed by atoms with Crippen LogP contribution in [0.3, 0.4) is 0 Å². The highest BCUT2D eigenvalue weighted by Crippen LogP contribution is 2.39. The molecule has 0 unspecified atom stereocenters. The first-order valence-electron chi connectivity index (χ1n) is 8.51. The van der Waals surface area contributed by atoms with Gasteiger partial charge in [0.1, 0.15) is 11.5 Å². The number of nitrogen functional groups attached to an aromatic ring is 1. The lowest BCUT2D eigenvalue weighted by atomic mass is 10.1. The van der Waals surface area contributed by atoms with Crippen molar-refractivity contribution in [2.45, 2.75) is 26.9 Å². The molecule has 1 aliphatic heterocycles. The van der Waals surface area contributed by atoms with Crippen LogP contribution in [0.4, 0.5) is 11.8 Å². The van der Waals surface area contributed by atoms with Crippen molar-refractivity contribution in [3.8, 4) is 0 Å². The number of carbonyl (C=O) groups is 1. The van der Waals surface area contributed by atoms with Crippen LogP contribution in [0.25, 0.3) is 11.6 Å². The monoisotopic (exact) mass is 383 g/mol. The lowest BCUT2D eigenvalue weighted by molar-refractivity contribution is -0.113. The van der Waals surface area contributed by atoms with Crippen LogP contribution >= 0.6 is 11.6 Å². The number of nitrogens with zero attached hydrogens (tertiary/aromatic N) is 5. The van der Waals surface area contributed by atoms with Crippen molar-refractivity contribution in [1.82, 2.24) is 24.7 Å². The molecule has 4 heterocycles. The normalized spacial score (nSPS) is 15.0. The molecule has 1 aliphatic rings. The molecule has 0 fully saturated rings. The molecule has 3 aromatic rings. The SMILES string of the molecule is CCn1cc(Cl)c(CN2C(=O)/C(=C\c3ccc[nH]3)c3c(C)nc(N)nc32)n1. The lowest BCUT2D eigenvalue weighted by Gasteiger charge is -2.15. The Morgan fingerprint density at radius 2 is 2.19 bits per heavy atom. The molecule has 138 valence electrons. The summed E-state index contributed by atoms with van der Waals surface area (Å²) >= 11 is 6.29. The molecule has 0 spiro atoms. The third-order valence-corrected chi connectivity index (χ3v) is 4.75. The average Bonchev–Trinajstić information content (AvgIpc) is 3.31. The molecule has 0 saturated heterocycles. The maximum absolute atomic E-state index is 13.2. The molecule has 3 aromatic heterocycles. The number of rotatable bonds is 4. The van der Waals surface area contributed by atoms with E-state index in [1.54, 1.807) is 28.1 Å². The third kappa shape index (κ3) is 2.97. The van der Waals surface area contributed by atoms with E-state index in [2.05, 4.69) is 20.1 Å². The highest BCUT2D eigenvalue weighted by Gasteiger charge is 2.37. The van der Waals surface area contributed by atoms with Crippen molar-refractivity contribution in [2.24, 2.45) is 0 Å². The van der Waals surface area contributed by atoms with Gasteiger partial charge in [-0.3, -0.25) is 14.4 Å². The number of amides is 1. The van der Waals surface area contributed by atoms with Crippen LogP contribution in [0.15, 0.2) is 24.5 Å². The molecular formula is C18H18ClN7O.